The van der Waals surface area contributed by atoms with Crippen LogP contribution in [0.25, 0.3) is 0 Å². The molecular weight excluding hydrogens is 219 g/mol. The summed E-state index contributed by atoms with van der Waals surface area (Å²) in [6.45, 7) is 0.535. The third-order valence-electron chi connectivity index (χ3n) is 1.23. The van der Waals surface area contributed by atoms with Gasteiger partial charge in [-0.3, -0.25) is 0 Å². The summed E-state index contributed by atoms with van der Waals surface area (Å²) in [5.74, 6) is 0. The summed E-state index contributed by atoms with van der Waals surface area (Å²) in [5.41, 5.74) is 0. The first-order chi connectivity index (χ1) is 3.83. The van der Waals surface area contributed by atoms with Gasteiger partial charge in [0.25, 0.3) is 0 Å². The molecule has 1 rings (SSSR count). The second-order valence-corrected chi connectivity index (χ2v) is 2.88. The molecule has 0 spiro atoms. The Balaban J connectivity index is 2.22. The molecule has 1 aliphatic rings. The van der Waals surface area contributed by atoms with Crippen molar-refractivity contribution < 1.29 is 9.84 Å². The fourth-order valence-electron chi connectivity index (χ4n) is 0.794. The van der Waals surface area contributed by atoms with Crippen LogP contribution in [-0.4, -0.2) is 28.3 Å². The average Bonchev–Trinajstić information content (AvgIpc) is 2.14. The number of aliphatic hydroxyl groups is 1. The molecule has 0 amide bonds. The highest BCUT2D eigenvalue weighted by molar-refractivity contribution is 14.1. The van der Waals surface area contributed by atoms with E-state index in [0.29, 0.717) is 12.7 Å². The normalized spacial score (nSPS) is 38.2. The molecule has 2 atom stereocenters. The standard InChI is InChI=1S/C5H9IO2/c6-2-5-1-4(7)3-8-5/h4-5,7H,1-3H2/t4-,5?/m0/s1. The Morgan fingerprint density at radius 3 is 2.75 bits per heavy atom. The van der Waals surface area contributed by atoms with Crippen LogP contribution in [0.5, 0.6) is 0 Å². The Kier molecular flexibility index (Phi) is 2.52. The van der Waals surface area contributed by atoms with Gasteiger partial charge in [-0.1, -0.05) is 22.6 Å². The van der Waals surface area contributed by atoms with E-state index in [-0.39, 0.29) is 6.10 Å². The van der Waals surface area contributed by atoms with E-state index in [4.69, 9.17) is 9.84 Å². The third-order valence-corrected chi connectivity index (χ3v) is 2.21. The van der Waals surface area contributed by atoms with Gasteiger partial charge in [-0.2, -0.15) is 0 Å². The molecule has 8 heavy (non-hydrogen) atoms. The second-order valence-electron chi connectivity index (χ2n) is 2.00. The molecule has 1 fully saturated rings. The SMILES string of the molecule is O[C@@H]1COC(CI)C1. The molecule has 0 bridgehead atoms. The van der Waals surface area contributed by atoms with Crippen molar-refractivity contribution in [1.29, 1.82) is 0 Å². The van der Waals surface area contributed by atoms with Gasteiger partial charge in [0.15, 0.2) is 0 Å². The summed E-state index contributed by atoms with van der Waals surface area (Å²) in [6.07, 6.45) is 0.934. The van der Waals surface area contributed by atoms with Gasteiger partial charge in [-0.05, 0) is 0 Å². The van der Waals surface area contributed by atoms with Gasteiger partial charge in [0.05, 0.1) is 18.8 Å². The first kappa shape index (κ1) is 6.77. The van der Waals surface area contributed by atoms with E-state index in [1.807, 2.05) is 0 Å². The van der Waals surface area contributed by atoms with E-state index >= 15 is 0 Å². The molecular formula is C5H9IO2. The van der Waals surface area contributed by atoms with Gasteiger partial charge >= 0.3 is 0 Å². The number of halogens is 1. The third kappa shape index (κ3) is 1.56. The van der Waals surface area contributed by atoms with Crippen LogP contribution in [0, 0.1) is 0 Å². The van der Waals surface area contributed by atoms with E-state index in [0.717, 1.165) is 10.8 Å². The minimum Gasteiger partial charge on any atom is -0.391 e. The van der Waals surface area contributed by atoms with Crippen molar-refractivity contribution in [3.63, 3.8) is 0 Å². The largest absolute Gasteiger partial charge is 0.391 e. The lowest BCUT2D eigenvalue weighted by Crippen LogP contribution is -2.06. The molecule has 0 aromatic carbocycles. The van der Waals surface area contributed by atoms with Crippen LogP contribution in [-0.2, 0) is 4.74 Å². The molecule has 1 N–H and O–H groups in total. The fraction of sp³-hybridized carbons (Fsp3) is 1.00. The number of alkyl halides is 1. The van der Waals surface area contributed by atoms with Crippen LogP contribution >= 0.6 is 22.6 Å². The highest BCUT2D eigenvalue weighted by atomic mass is 127. The predicted octanol–water partition coefficient (Wildman–Crippen LogP) is 0.571. The summed E-state index contributed by atoms with van der Waals surface area (Å²) in [7, 11) is 0. The van der Waals surface area contributed by atoms with Gasteiger partial charge in [-0.25, -0.2) is 0 Å². The zero-order valence-electron chi connectivity index (χ0n) is 4.51. The van der Waals surface area contributed by atoms with Crippen molar-refractivity contribution in [3.05, 3.63) is 0 Å². The maximum absolute atomic E-state index is 8.90. The van der Waals surface area contributed by atoms with Gasteiger partial charge in [0, 0.05) is 10.8 Å². The van der Waals surface area contributed by atoms with Crippen molar-refractivity contribution in [1.82, 2.24) is 0 Å². The monoisotopic (exact) mass is 228 g/mol. The molecule has 0 saturated carbocycles. The molecule has 0 aromatic rings. The highest BCUT2D eigenvalue weighted by Crippen LogP contribution is 2.14. The molecule has 48 valence electrons. The summed E-state index contributed by atoms with van der Waals surface area (Å²) in [6, 6.07) is 0. The number of rotatable bonds is 1. The van der Waals surface area contributed by atoms with Crippen molar-refractivity contribution in [2.45, 2.75) is 18.6 Å². The molecule has 1 unspecified atom stereocenters. The molecule has 1 heterocycles. The maximum atomic E-state index is 8.90. The van der Waals surface area contributed by atoms with Crippen LogP contribution in [0.1, 0.15) is 6.42 Å². The molecule has 3 heteroatoms. The summed E-state index contributed by atoms with van der Waals surface area (Å²) >= 11 is 2.26. The minimum atomic E-state index is -0.199. The quantitative estimate of drug-likeness (QED) is 0.525. The second kappa shape index (κ2) is 2.98. The first-order valence-corrected chi connectivity index (χ1v) is 4.21. The van der Waals surface area contributed by atoms with Crippen LogP contribution in [0.2, 0.25) is 0 Å². The zero-order valence-corrected chi connectivity index (χ0v) is 6.67. The van der Waals surface area contributed by atoms with Gasteiger partial charge in [0.2, 0.25) is 0 Å². The fourth-order valence-corrected chi connectivity index (χ4v) is 1.41. The van der Waals surface area contributed by atoms with Gasteiger partial charge < -0.3 is 9.84 Å². The minimum absolute atomic E-state index is 0.199. The Morgan fingerprint density at radius 1 is 1.75 bits per heavy atom. The Morgan fingerprint density at radius 2 is 2.50 bits per heavy atom. The molecule has 0 aromatic heterocycles. The van der Waals surface area contributed by atoms with Crippen LogP contribution in [0.4, 0.5) is 0 Å². The number of ether oxygens (including phenoxy) is 1. The molecule has 0 aliphatic carbocycles. The topological polar surface area (TPSA) is 29.5 Å². The summed E-state index contributed by atoms with van der Waals surface area (Å²) < 4.78 is 6.15. The summed E-state index contributed by atoms with van der Waals surface area (Å²) in [5, 5.41) is 8.90. The molecule has 1 saturated heterocycles. The Hall–Kier alpha value is 0.650. The van der Waals surface area contributed by atoms with Crippen molar-refractivity contribution in [3.8, 4) is 0 Å². The van der Waals surface area contributed by atoms with Crippen molar-refractivity contribution in [2.24, 2.45) is 0 Å². The van der Waals surface area contributed by atoms with Gasteiger partial charge in [0.1, 0.15) is 0 Å². The smallest absolute Gasteiger partial charge is 0.0798 e. The van der Waals surface area contributed by atoms with E-state index in [2.05, 4.69) is 22.6 Å². The van der Waals surface area contributed by atoms with E-state index in [1.54, 1.807) is 0 Å². The number of hydrogen-bond acceptors (Lipinski definition) is 2. The van der Waals surface area contributed by atoms with E-state index < -0.39 is 0 Å². The van der Waals surface area contributed by atoms with Crippen LogP contribution in [0.15, 0.2) is 0 Å². The van der Waals surface area contributed by atoms with Gasteiger partial charge in [-0.15, -0.1) is 0 Å². The lowest BCUT2D eigenvalue weighted by molar-refractivity contribution is 0.100. The number of hydrogen-bond donors (Lipinski definition) is 1. The lowest BCUT2D eigenvalue weighted by Gasteiger charge is -2.00. The predicted molar refractivity (Wildman–Crippen MR) is 39.3 cm³/mol. The van der Waals surface area contributed by atoms with Crippen LogP contribution in [0.3, 0.4) is 0 Å². The Bertz CT molecular complexity index is 76.8. The highest BCUT2D eigenvalue weighted by Gasteiger charge is 2.21. The van der Waals surface area contributed by atoms with E-state index in [1.165, 1.54) is 0 Å². The van der Waals surface area contributed by atoms with E-state index in [9.17, 15) is 0 Å². The zero-order chi connectivity index (χ0) is 5.98. The van der Waals surface area contributed by atoms with Crippen molar-refractivity contribution >= 4 is 22.6 Å². The summed E-state index contributed by atoms with van der Waals surface area (Å²) in [4.78, 5) is 0. The van der Waals surface area contributed by atoms with Crippen molar-refractivity contribution in [2.75, 3.05) is 11.0 Å². The maximum Gasteiger partial charge on any atom is 0.0798 e. The average molecular weight is 228 g/mol. The first-order valence-electron chi connectivity index (χ1n) is 2.68. The Labute approximate surface area is 62.4 Å². The van der Waals surface area contributed by atoms with Crippen LogP contribution < -0.4 is 0 Å². The number of aliphatic hydroxyl groups excluding tert-OH is 1. The molecule has 1 aliphatic heterocycles. The molecule has 2 nitrogen and oxygen atoms in total. The molecule has 0 radical (unpaired) electrons. The lowest BCUT2D eigenvalue weighted by atomic mass is 10.2.